The molecule has 0 bridgehead atoms. The monoisotopic (exact) mass is 376 g/mol. The van der Waals surface area contributed by atoms with Gasteiger partial charge in [-0.3, -0.25) is 4.90 Å². The molecule has 0 radical (unpaired) electrons. The lowest BCUT2D eigenvalue weighted by Gasteiger charge is -2.32. The number of nitrogens with zero attached hydrogens (tertiary/aromatic N) is 1. The first-order chi connectivity index (χ1) is 9.13. The number of ether oxygens (including phenoxy) is 2. The molecule has 1 heterocycles. The van der Waals surface area contributed by atoms with E-state index in [1.54, 1.807) is 14.2 Å². The Kier molecular flexibility index (Phi) is 5.29. The lowest BCUT2D eigenvalue weighted by atomic mass is 10.1. The van der Waals surface area contributed by atoms with Crippen LogP contribution in [0.1, 0.15) is 12.5 Å². The molecule has 0 saturated carbocycles. The number of hydrogen-bond acceptors (Lipinski definition) is 4. The van der Waals surface area contributed by atoms with Crippen LogP contribution in [-0.4, -0.2) is 44.8 Å². The third kappa shape index (κ3) is 3.73. The first-order valence-electron chi connectivity index (χ1n) is 6.50. The summed E-state index contributed by atoms with van der Waals surface area (Å²) in [6.07, 6.45) is 0. The van der Waals surface area contributed by atoms with Crippen LogP contribution < -0.4 is 14.8 Å². The Morgan fingerprint density at radius 3 is 2.79 bits per heavy atom. The highest BCUT2D eigenvalue weighted by Crippen LogP contribution is 2.33. The Balaban J connectivity index is 2.14. The van der Waals surface area contributed by atoms with E-state index in [1.807, 2.05) is 0 Å². The van der Waals surface area contributed by atoms with Crippen LogP contribution in [-0.2, 0) is 6.54 Å². The van der Waals surface area contributed by atoms with Crippen LogP contribution in [0, 0.1) is 3.57 Å². The van der Waals surface area contributed by atoms with Gasteiger partial charge in [0.2, 0.25) is 0 Å². The molecule has 1 aliphatic heterocycles. The number of hydrogen-bond donors (Lipinski definition) is 1. The number of nitrogens with one attached hydrogen (secondary N) is 1. The third-order valence-electron chi connectivity index (χ3n) is 3.35. The fourth-order valence-electron chi connectivity index (χ4n) is 2.48. The highest BCUT2D eigenvalue weighted by atomic mass is 127. The molecule has 5 heteroatoms. The van der Waals surface area contributed by atoms with E-state index in [0.29, 0.717) is 6.04 Å². The molecular formula is C14H21IN2O2. The normalized spacial score (nSPS) is 20.3. The third-order valence-corrected chi connectivity index (χ3v) is 4.15. The van der Waals surface area contributed by atoms with Gasteiger partial charge in [0.15, 0.2) is 11.5 Å². The fraction of sp³-hybridized carbons (Fsp3) is 0.571. The van der Waals surface area contributed by atoms with E-state index in [1.165, 1.54) is 5.56 Å². The molecule has 0 unspecified atom stereocenters. The second kappa shape index (κ2) is 6.76. The Bertz CT molecular complexity index is 440. The van der Waals surface area contributed by atoms with Gasteiger partial charge < -0.3 is 14.8 Å². The van der Waals surface area contributed by atoms with Crippen molar-refractivity contribution in [2.75, 3.05) is 33.9 Å². The average molecular weight is 376 g/mol. The van der Waals surface area contributed by atoms with Crippen molar-refractivity contribution in [1.82, 2.24) is 10.2 Å². The number of benzene rings is 1. The number of piperazine rings is 1. The van der Waals surface area contributed by atoms with E-state index in [4.69, 9.17) is 9.47 Å². The molecule has 1 aliphatic rings. The Morgan fingerprint density at radius 2 is 2.16 bits per heavy atom. The molecule has 1 saturated heterocycles. The van der Waals surface area contributed by atoms with Crippen LogP contribution in [0.4, 0.5) is 0 Å². The zero-order valence-corrected chi connectivity index (χ0v) is 13.9. The number of halogens is 1. The van der Waals surface area contributed by atoms with Gasteiger partial charge in [-0.25, -0.2) is 0 Å². The summed E-state index contributed by atoms with van der Waals surface area (Å²) in [5.74, 6) is 1.63. The zero-order valence-electron chi connectivity index (χ0n) is 11.7. The number of rotatable bonds is 4. The minimum atomic E-state index is 0.563. The van der Waals surface area contributed by atoms with Crippen molar-refractivity contribution in [2.24, 2.45) is 0 Å². The lowest BCUT2D eigenvalue weighted by Crippen LogP contribution is -2.48. The highest BCUT2D eigenvalue weighted by Gasteiger charge is 2.17. The second-order valence-corrected chi connectivity index (χ2v) is 6.07. The Morgan fingerprint density at radius 1 is 1.37 bits per heavy atom. The predicted molar refractivity (Wildman–Crippen MR) is 85.0 cm³/mol. The maximum Gasteiger partial charge on any atom is 0.174 e. The van der Waals surface area contributed by atoms with Gasteiger partial charge in [0.05, 0.1) is 17.8 Å². The van der Waals surface area contributed by atoms with E-state index < -0.39 is 0 Å². The molecule has 0 aromatic heterocycles. The summed E-state index contributed by atoms with van der Waals surface area (Å²) in [5, 5.41) is 3.46. The topological polar surface area (TPSA) is 33.7 Å². The van der Waals surface area contributed by atoms with Crippen molar-refractivity contribution in [3.63, 3.8) is 0 Å². The fourth-order valence-corrected chi connectivity index (χ4v) is 3.36. The van der Waals surface area contributed by atoms with Gasteiger partial charge in [-0.05, 0) is 47.2 Å². The Labute approximate surface area is 128 Å². The van der Waals surface area contributed by atoms with E-state index in [2.05, 4.69) is 51.9 Å². The molecule has 1 aromatic rings. The van der Waals surface area contributed by atoms with Gasteiger partial charge in [-0.15, -0.1) is 0 Å². The summed E-state index contributed by atoms with van der Waals surface area (Å²) in [7, 11) is 3.36. The van der Waals surface area contributed by atoms with E-state index in [9.17, 15) is 0 Å². The molecule has 2 rings (SSSR count). The molecule has 106 valence electrons. The van der Waals surface area contributed by atoms with E-state index in [0.717, 1.165) is 41.2 Å². The molecule has 1 fully saturated rings. The molecular weight excluding hydrogens is 355 g/mol. The summed E-state index contributed by atoms with van der Waals surface area (Å²) in [6, 6.07) is 4.82. The molecule has 0 spiro atoms. The van der Waals surface area contributed by atoms with Gasteiger partial charge in [0.1, 0.15) is 0 Å². The van der Waals surface area contributed by atoms with Gasteiger partial charge in [-0.2, -0.15) is 0 Å². The molecule has 0 aliphatic carbocycles. The number of methoxy groups -OCH3 is 2. The van der Waals surface area contributed by atoms with Crippen LogP contribution in [0.2, 0.25) is 0 Å². The van der Waals surface area contributed by atoms with Gasteiger partial charge in [-0.1, -0.05) is 0 Å². The second-order valence-electron chi connectivity index (χ2n) is 4.90. The standard InChI is InChI=1S/C14H21IN2O2/c1-10-8-17(5-4-16-10)9-11-6-12(15)14(19-3)13(7-11)18-2/h6-7,10,16H,4-5,8-9H2,1-3H3/t10-/m1/s1. The van der Waals surface area contributed by atoms with Crippen molar-refractivity contribution >= 4 is 22.6 Å². The van der Waals surface area contributed by atoms with Crippen molar-refractivity contribution in [3.8, 4) is 11.5 Å². The predicted octanol–water partition coefficient (Wildman–Crippen LogP) is 2.10. The summed E-state index contributed by atoms with van der Waals surface area (Å²) >= 11 is 2.30. The van der Waals surface area contributed by atoms with Crippen LogP contribution in [0.15, 0.2) is 12.1 Å². The van der Waals surface area contributed by atoms with Gasteiger partial charge >= 0.3 is 0 Å². The minimum Gasteiger partial charge on any atom is -0.493 e. The SMILES string of the molecule is COc1cc(CN2CCN[C@H](C)C2)cc(I)c1OC. The average Bonchev–Trinajstić information content (AvgIpc) is 2.38. The maximum atomic E-state index is 5.41. The Hall–Kier alpha value is -0.530. The molecule has 4 nitrogen and oxygen atoms in total. The summed E-state index contributed by atoms with van der Waals surface area (Å²) < 4.78 is 11.9. The van der Waals surface area contributed by atoms with Crippen molar-refractivity contribution < 1.29 is 9.47 Å². The van der Waals surface area contributed by atoms with Crippen molar-refractivity contribution in [3.05, 3.63) is 21.3 Å². The van der Waals surface area contributed by atoms with Crippen LogP contribution in [0.3, 0.4) is 0 Å². The summed E-state index contributed by atoms with van der Waals surface area (Å²) in [5.41, 5.74) is 1.27. The van der Waals surface area contributed by atoms with Crippen LogP contribution in [0.5, 0.6) is 11.5 Å². The first kappa shape index (κ1) is 14.9. The molecule has 19 heavy (non-hydrogen) atoms. The smallest absolute Gasteiger partial charge is 0.174 e. The lowest BCUT2D eigenvalue weighted by molar-refractivity contribution is 0.199. The van der Waals surface area contributed by atoms with Crippen LogP contribution in [0.25, 0.3) is 0 Å². The molecule has 0 amide bonds. The quantitative estimate of drug-likeness (QED) is 0.817. The van der Waals surface area contributed by atoms with Gasteiger partial charge in [0.25, 0.3) is 0 Å². The van der Waals surface area contributed by atoms with Crippen molar-refractivity contribution in [1.29, 1.82) is 0 Å². The van der Waals surface area contributed by atoms with Crippen LogP contribution >= 0.6 is 22.6 Å². The minimum absolute atomic E-state index is 0.563. The van der Waals surface area contributed by atoms with Gasteiger partial charge in [0, 0.05) is 32.2 Å². The van der Waals surface area contributed by atoms with E-state index in [-0.39, 0.29) is 0 Å². The first-order valence-corrected chi connectivity index (χ1v) is 7.58. The largest absolute Gasteiger partial charge is 0.493 e. The highest BCUT2D eigenvalue weighted by molar-refractivity contribution is 14.1. The summed E-state index contributed by atoms with van der Waals surface area (Å²) in [4.78, 5) is 2.47. The van der Waals surface area contributed by atoms with E-state index >= 15 is 0 Å². The molecule has 1 aromatic carbocycles. The molecule has 1 N–H and O–H groups in total. The zero-order chi connectivity index (χ0) is 13.8. The molecule has 1 atom stereocenters. The van der Waals surface area contributed by atoms with Crippen molar-refractivity contribution in [2.45, 2.75) is 19.5 Å². The maximum absolute atomic E-state index is 5.41. The summed E-state index contributed by atoms with van der Waals surface area (Å²) in [6.45, 7) is 6.43.